The van der Waals surface area contributed by atoms with E-state index in [0.29, 0.717) is 12.8 Å². The van der Waals surface area contributed by atoms with E-state index in [4.69, 9.17) is 5.26 Å². The fraction of sp³-hybridized carbons (Fsp3) is 0.333. The van der Waals surface area contributed by atoms with Gasteiger partial charge in [-0.15, -0.1) is 0 Å². The van der Waals surface area contributed by atoms with Crippen LogP contribution >= 0.6 is 0 Å². The van der Waals surface area contributed by atoms with Gasteiger partial charge in [0.2, 0.25) is 0 Å². The molecule has 0 aromatic heterocycles. The molecule has 0 heterocycles. The summed E-state index contributed by atoms with van der Waals surface area (Å²) >= 11 is 0. The lowest BCUT2D eigenvalue weighted by Gasteiger charge is -2.33. The van der Waals surface area contributed by atoms with Gasteiger partial charge in [-0.1, -0.05) is 0 Å². The topological polar surface area (TPSA) is 40.9 Å². The van der Waals surface area contributed by atoms with Crippen LogP contribution in [0.4, 0.5) is 8.78 Å². The van der Waals surface area contributed by atoms with Crippen LogP contribution in [0.2, 0.25) is 0 Å². The fourth-order valence-corrected chi connectivity index (χ4v) is 1.85. The maximum atomic E-state index is 13.4. The molecule has 16 heavy (non-hydrogen) atoms. The Bertz CT molecular complexity index is 486. The summed E-state index contributed by atoms with van der Waals surface area (Å²) < 4.78 is 26.3. The standard InChI is InChI=1S/C12H9F2NO/c13-8-2-3-10(14)9(6-8)11(16)12(7-15)4-1-5-12/h2-3,6H,1,4-5H2. The summed E-state index contributed by atoms with van der Waals surface area (Å²) in [4.78, 5) is 11.9. The predicted octanol–water partition coefficient (Wildman–Crippen LogP) is 2.84. The molecule has 0 radical (unpaired) electrons. The van der Waals surface area contributed by atoms with E-state index in [0.717, 1.165) is 24.6 Å². The van der Waals surface area contributed by atoms with E-state index in [-0.39, 0.29) is 5.56 Å². The van der Waals surface area contributed by atoms with E-state index >= 15 is 0 Å². The number of Topliss-reactive ketones (excluding diaryl/α,β-unsaturated/α-hetero) is 1. The molecule has 0 atom stereocenters. The Kier molecular flexibility index (Phi) is 2.47. The first-order valence-corrected chi connectivity index (χ1v) is 5.00. The number of carbonyl (C=O) groups is 1. The van der Waals surface area contributed by atoms with Crippen molar-refractivity contribution in [1.82, 2.24) is 0 Å². The zero-order valence-electron chi connectivity index (χ0n) is 8.46. The summed E-state index contributed by atoms with van der Waals surface area (Å²) in [5.74, 6) is -2.04. The van der Waals surface area contributed by atoms with Crippen molar-refractivity contribution in [1.29, 1.82) is 5.26 Å². The minimum Gasteiger partial charge on any atom is -0.292 e. The second-order valence-corrected chi connectivity index (χ2v) is 4.00. The van der Waals surface area contributed by atoms with Gasteiger partial charge in [-0.05, 0) is 37.5 Å². The first-order chi connectivity index (χ1) is 7.59. The number of halogens is 2. The van der Waals surface area contributed by atoms with Crippen LogP contribution in [0.5, 0.6) is 0 Å². The van der Waals surface area contributed by atoms with E-state index in [1.54, 1.807) is 0 Å². The van der Waals surface area contributed by atoms with Crippen molar-refractivity contribution in [3.8, 4) is 6.07 Å². The average Bonchev–Trinajstić information content (AvgIpc) is 2.21. The van der Waals surface area contributed by atoms with Crippen molar-refractivity contribution >= 4 is 5.78 Å². The van der Waals surface area contributed by atoms with E-state index in [2.05, 4.69) is 0 Å². The first kappa shape index (κ1) is 10.7. The summed E-state index contributed by atoms with van der Waals surface area (Å²) in [5.41, 5.74) is -1.45. The van der Waals surface area contributed by atoms with Crippen LogP contribution in [0.25, 0.3) is 0 Å². The minimum atomic E-state index is -1.13. The molecule has 0 N–H and O–H groups in total. The molecule has 0 aliphatic heterocycles. The Labute approximate surface area is 91.5 Å². The number of hydrogen-bond acceptors (Lipinski definition) is 2. The molecule has 1 saturated carbocycles. The molecular formula is C12H9F2NO. The smallest absolute Gasteiger partial charge is 0.186 e. The average molecular weight is 221 g/mol. The lowest BCUT2D eigenvalue weighted by Crippen LogP contribution is -2.37. The van der Waals surface area contributed by atoms with Crippen molar-refractivity contribution in [2.45, 2.75) is 19.3 Å². The minimum absolute atomic E-state index is 0.318. The SMILES string of the molecule is N#CC1(C(=O)c2cc(F)ccc2F)CCC1. The monoisotopic (exact) mass is 221 g/mol. The highest BCUT2D eigenvalue weighted by atomic mass is 19.1. The van der Waals surface area contributed by atoms with Gasteiger partial charge in [0.25, 0.3) is 0 Å². The van der Waals surface area contributed by atoms with Gasteiger partial charge in [0, 0.05) is 0 Å². The third kappa shape index (κ3) is 1.49. The van der Waals surface area contributed by atoms with Crippen molar-refractivity contribution in [2.24, 2.45) is 5.41 Å². The van der Waals surface area contributed by atoms with Crippen molar-refractivity contribution < 1.29 is 13.6 Å². The molecular weight excluding hydrogens is 212 g/mol. The largest absolute Gasteiger partial charge is 0.292 e. The molecule has 0 spiro atoms. The van der Waals surface area contributed by atoms with Crippen LogP contribution in [-0.2, 0) is 0 Å². The van der Waals surface area contributed by atoms with E-state index in [9.17, 15) is 13.6 Å². The molecule has 4 heteroatoms. The highest BCUT2D eigenvalue weighted by molar-refractivity contribution is 6.03. The predicted molar refractivity (Wildman–Crippen MR) is 52.6 cm³/mol. The maximum absolute atomic E-state index is 13.4. The summed E-state index contributed by atoms with van der Waals surface area (Å²) in [6.07, 6.45) is 1.63. The molecule has 1 fully saturated rings. The molecule has 2 rings (SSSR count). The Morgan fingerprint density at radius 3 is 2.56 bits per heavy atom. The van der Waals surface area contributed by atoms with Gasteiger partial charge in [-0.25, -0.2) is 8.78 Å². The van der Waals surface area contributed by atoms with Crippen LogP contribution in [0.3, 0.4) is 0 Å². The van der Waals surface area contributed by atoms with Crippen LogP contribution in [0, 0.1) is 28.4 Å². The van der Waals surface area contributed by atoms with E-state index in [1.807, 2.05) is 6.07 Å². The van der Waals surface area contributed by atoms with Gasteiger partial charge in [0.15, 0.2) is 5.78 Å². The van der Waals surface area contributed by atoms with Crippen LogP contribution in [0.1, 0.15) is 29.6 Å². The molecule has 0 bridgehead atoms. The third-order valence-electron chi connectivity index (χ3n) is 3.03. The quantitative estimate of drug-likeness (QED) is 0.720. The maximum Gasteiger partial charge on any atom is 0.186 e. The molecule has 0 saturated heterocycles. The molecule has 0 unspecified atom stereocenters. The highest BCUT2D eigenvalue weighted by Crippen LogP contribution is 2.43. The molecule has 2 nitrogen and oxygen atoms in total. The number of nitriles is 1. The Hall–Kier alpha value is -1.76. The van der Waals surface area contributed by atoms with Gasteiger partial charge in [0.1, 0.15) is 17.0 Å². The van der Waals surface area contributed by atoms with Gasteiger partial charge < -0.3 is 0 Å². The summed E-state index contributed by atoms with van der Waals surface area (Å²) in [5, 5.41) is 8.94. The second-order valence-electron chi connectivity index (χ2n) is 4.00. The van der Waals surface area contributed by atoms with Crippen molar-refractivity contribution in [2.75, 3.05) is 0 Å². The lowest BCUT2D eigenvalue weighted by molar-refractivity contribution is 0.0743. The Morgan fingerprint density at radius 2 is 2.06 bits per heavy atom. The van der Waals surface area contributed by atoms with E-state index in [1.165, 1.54) is 0 Å². The highest BCUT2D eigenvalue weighted by Gasteiger charge is 2.45. The number of benzene rings is 1. The summed E-state index contributed by atoms with van der Waals surface area (Å²) in [6, 6.07) is 4.64. The number of hydrogen-bond donors (Lipinski definition) is 0. The molecule has 1 aliphatic rings. The van der Waals surface area contributed by atoms with Gasteiger partial charge in [-0.3, -0.25) is 4.79 Å². The molecule has 82 valence electrons. The number of ketones is 1. The van der Waals surface area contributed by atoms with Crippen molar-refractivity contribution in [3.05, 3.63) is 35.4 Å². The van der Waals surface area contributed by atoms with Gasteiger partial charge in [-0.2, -0.15) is 5.26 Å². The molecule has 0 amide bonds. The first-order valence-electron chi connectivity index (χ1n) is 5.00. The molecule has 1 aromatic rings. The van der Waals surface area contributed by atoms with Crippen molar-refractivity contribution in [3.63, 3.8) is 0 Å². The lowest BCUT2D eigenvalue weighted by atomic mass is 9.65. The molecule has 1 aliphatic carbocycles. The Morgan fingerprint density at radius 1 is 1.38 bits per heavy atom. The van der Waals surface area contributed by atoms with Crippen LogP contribution in [-0.4, -0.2) is 5.78 Å². The zero-order valence-corrected chi connectivity index (χ0v) is 8.46. The number of rotatable bonds is 2. The number of nitrogens with zero attached hydrogens (tertiary/aromatic N) is 1. The van der Waals surface area contributed by atoms with Crippen LogP contribution in [0.15, 0.2) is 18.2 Å². The van der Waals surface area contributed by atoms with Gasteiger partial charge in [0.05, 0.1) is 11.6 Å². The Balaban J connectivity index is 2.41. The third-order valence-corrected chi connectivity index (χ3v) is 3.03. The summed E-state index contributed by atoms with van der Waals surface area (Å²) in [6.45, 7) is 0. The van der Waals surface area contributed by atoms with Crippen LogP contribution < -0.4 is 0 Å². The van der Waals surface area contributed by atoms with Gasteiger partial charge >= 0.3 is 0 Å². The zero-order chi connectivity index (χ0) is 11.8. The normalized spacial score (nSPS) is 17.3. The fourth-order valence-electron chi connectivity index (χ4n) is 1.85. The second kappa shape index (κ2) is 3.67. The van der Waals surface area contributed by atoms with E-state index < -0.39 is 22.8 Å². The summed E-state index contributed by atoms with van der Waals surface area (Å²) in [7, 11) is 0. The number of carbonyl (C=O) groups excluding carboxylic acids is 1. The molecule has 1 aromatic carbocycles.